The summed E-state index contributed by atoms with van der Waals surface area (Å²) in [5.41, 5.74) is -0.235. The third-order valence-electron chi connectivity index (χ3n) is 4.07. The molecule has 29 heavy (non-hydrogen) atoms. The largest absolute Gasteiger partial charge is 0.460 e. The summed E-state index contributed by atoms with van der Waals surface area (Å²) in [6.07, 6.45) is 0. The molecule has 13 heteroatoms. The number of nitro benzene ring substituents is 1. The lowest BCUT2D eigenvalue weighted by Gasteiger charge is -2.26. The lowest BCUT2D eigenvalue weighted by molar-refractivity contribution is -0.757. The number of rotatable bonds is 8. The molecule has 2 rings (SSSR count). The van der Waals surface area contributed by atoms with Crippen LogP contribution in [0.15, 0.2) is 46.9 Å². The number of carbonyl (C=O) groups is 1. The first kappa shape index (κ1) is 21.3. The molecule has 0 radical (unpaired) electrons. The van der Waals surface area contributed by atoms with Gasteiger partial charge >= 0.3 is 5.97 Å². The molecule has 0 fully saturated rings. The van der Waals surface area contributed by atoms with Crippen LogP contribution in [-0.2, 0) is 14.4 Å². The van der Waals surface area contributed by atoms with Crippen LogP contribution in [0.4, 0.5) is 5.69 Å². The lowest BCUT2D eigenvalue weighted by Crippen LogP contribution is -2.32. The summed E-state index contributed by atoms with van der Waals surface area (Å²) in [5, 5.41) is 34.6. The van der Waals surface area contributed by atoms with Gasteiger partial charge in [0.15, 0.2) is 0 Å². The van der Waals surface area contributed by atoms with Gasteiger partial charge in [0.25, 0.3) is 16.5 Å². The molecule has 0 saturated carbocycles. The quantitative estimate of drug-likeness (QED) is 0.289. The summed E-state index contributed by atoms with van der Waals surface area (Å²) in [6.45, 7) is 1.96. The molecule has 0 aromatic heterocycles. The molecule has 0 spiro atoms. The van der Waals surface area contributed by atoms with Gasteiger partial charge < -0.3 is 14.9 Å². The normalized spacial score (nSPS) is 16.1. The Balaban J connectivity index is 2.46. The zero-order chi connectivity index (χ0) is 21.7. The van der Waals surface area contributed by atoms with Crippen LogP contribution >= 0.6 is 0 Å². The lowest BCUT2D eigenvalue weighted by atomic mass is 9.84. The van der Waals surface area contributed by atoms with E-state index in [0.29, 0.717) is 0 Å². The molecule has 1 aliphatic heterocycles. The first-order valence-corrected chi connectivity index (χ1v) is 8.15. The number of allylic oxidation sites excluding steroid dienone is 3. The Morgan fingerprint density at radius 3 is 2.34 bits per heavy atom. The molecule has 1 aromatic carbocycles. The molecule has 1 unspecified atom stereocenters. The standard InChI is InChI=1S/C16H16N4O9/c1-9-13(16(21)28-6-7-29-20(26)27)14(15(19(24)25)10(2)17-9)11-4-3-5-12(8-11)18(22)23/h3-5,8,14,17H,6-7H2,1-2H3. The number of benzene rings is 1. The number of hydrogen-bond acceptors (Lipinski definition) is 10. The highest BCUT2D eigenvalue weighted by Gasteiger charge is 2.41. The van der Waals surface area contributed by atoms with Gasteiger partial charge in [-0.2, -0.15) is 0 Å². The highest BCUT2D eigenvalue weighted by atomic mass is 17.0. The Morgan fingerprint density at radius 2 is 1.76 bits per heavy atom. The van der Waals surface area contributed by atoms with E-state index in [2.05, 4.69) is 10.2 Å². The van der Waals surface area contributed by atoms with E-state index < -0.39 is 40.0 Å². The minimum absolute atomic E-state index is 0.135. The first-order chi connectivity index (χ1) is 13.6. The summed E-state index contributed by atoms with van der Waals surface area (Å²) in [6, 6.07) is 5.14. The molecule has 1 heterocycles. The Bertz CT molecular complexity index is 938. The predicted octanol–water partition coefficient (Wildman–Crippen LogP) is 1.82. The number of ether oxygens (including phenoxy) is 1. The summed E-state index contributed by atoms with van der Waals surface area (Å²) in [5.74, 6) is -2.21. The zero-order valence-corrected chi connectivity index (χ0v) is 15.3. The Hall–Kier alpha value is -4.03. The van der Waals surface area contributed by atoms with E-state index in [1.165, 1.54) is 32.0 Å². The third kappa shape index (κ3) is 4.82. The van der Waals surface area contributed by atoms with Gasteiger partial charge in [0.1, 0.15) is 19.1 Å². The van der Waals surface area contributed by atoms with Crippen molar-refractivity contribution in [3.05, 3.63) is 82.8 Å². The van der Waals surface area contributed by atoms with Gasteiger partial charge in [0.2, 0.25) is 0 Å². The predicted molar refractivity (Wildman–Crippen MR) is 95.3 cm³/mol. The molecule has 1 N–H and O–H groups in total. The highest BCUT2D eigenvalue weighted by Crippen LogP contribution is 2.39. The highest BCUT2D eigenvalue weighted by molar-refractivity contribution is 5.92. The molecule has 0 bridgehead atoms. The van der Waals surface area contributed by atoms with Gasteiger partial charge in [0.05, 0.1) is 21.1 Å². The second-order valence-corrected chi connectivity index (χ2v) is 5.91. The van der Waals surface area contributed by atoms with Crippen molar-refractivity contribution in [2.75, 3.05) is 13.2 Å². The smallest absolute Gasteiger partial charge is 0.337 e. The molecule has 154 valence electrons. The first-order valence-electron chi connectivity index (χ1n) is 8.15. The molecule has 1 aromatic rings. The van der Waals surface area contributed by atoms with Crippen molar-refractivity contribution in [1.82, 2.24) is 5.32 Å². The zero-order valence-electron chi connectivity index (χ0n) is 15.3. The van der Waals surface area contributed by atoms with Crippen LogP contribution in [0.25, 0.3) is 0 Å². The van der Waals surface area contributed by atoms with Crippen molar-refractivity contribution in [1.29, 1.82) is 0 Å². The third-order valence-corrected chi connectivity index (χ3v) is 4.07. The maximum atomic E-state index is 12.6. The van der Waals surface area contributed by atoms with Gasteiger partial charge in [-0.1, -0.05) is 12.1 Å². The van der Waals surface area contributed by atoms with Gasteiger partial charge in [-0.3, -0.25) is 20.2 Å². The molecule has 0 aliphatic carbocycles. The number of nitrogens with one attached hydrogen (secondary N) is 1. The van der Waals surface area contributed by atoms with Crippen molar-refractivity contribution in [3.8, 4) is 0 Å². The van der Waals surface area contributed by atoms with Crippen molar-refractivity contribution in [2.24, 2.45) is 0 Å². The SMILES string of the molecule is CC1=C(C(=O)OCCO[N+](=O)[O-])C(c2cccc([N+](=O)[O-])c2)C([N+](=O)[O-])=C(C)N1. The van der Waals surface area contributed by atoms with Crippen LogP contribution in [0.1, 0.15) is 25.3 Å². The van der Waals surface area contributed by atoms with E-state index in [4.69, 9.17) is 4.74 Å². The van der Waals surface area contributed by atoms with Crippen LogP contribution in [0.2, 0.25) is 0 Å². The van der Waals surface area contributed by atoms with Gasteiger partial charge in [-0.05, 0) is 19.4 Å². The number of hydrogen-bond donors (Lipinski definition) is 1. The van der Waals surface area contributed by atoms with Crippen molar-refractivity contribution < 1.29 is 29.3 Å². The molecule has 1 aliphatic rings. The van der Waals surface area contributed by atoms with Crippen LogP contribution < -0.4 is 5.32 Å². The summed E-state index contributed by atoms with van der Waals surface area (Å²) in [4.78, 5) is 48.3. The van der Waals surface area contributed by atoms with Gasteiger partial charge in [0, 0.05) is 17.8 Å². The van der Waals surface area contributed by atoms with Gasteiger partial charge in [-0.15, -0.1) is 10.1 Å². The summed E-state index contributed by atoms with van der Waals surface area (Å²) < 4.78 is 4.95. The number of non-ortho nitro benzene ring substituents is 1. The fourth-order valence-corrected chi connectivity index (χ4v) is 2.96. The second kappa shape index (κ2) is 8.77. The number of carbonyl (C=O) groups excluding carboxylic acids is 1. The maximum absolute atomic E-state index is 12.6. The monoisotopic (exact) mass is 408 g/mol. The number of nitro groups is 2. The Labute approximate surface area is 163 Å². The molecular weight excluding hydrogens is 392 g/mol. The molecule has 1 atom stereocenters. The topological polar surface area (TPSA) is 177 Å². The minimum atomic E-state index is -1.24. The minimum Gasteiger partial charge on any atom is -0.460 e. The van der Waals surface area contributed by atoms with E-state index >= 15 is 0 Å². The molecular formula is C16H16N4O9. The number of nitrogens with zero attached hydrogens (tertiary/aromatic N) is 3. The van der Waals surface area contributed by atoms with Crippen LogP contribution in [0, 0.1) is 30.3 Å². The summed E-state index contributed by atoms with van der Waals surface area (Å²) in [7, 11) is 0. The van der Waals surface area contributed by atoms with E-state index in [0.717, 1.165) is 6.07 Å². The van der Waals surface area contributed by atoms with Crippen molar-refractivity contribution in [3.63, 3.8) is 0 Å². The van der Waals surface area contributed by atoms with Gasteiger partial charge in [-0.25, -0.2) is 4.79 Å². The van der Waals surface area contributed by atoms with E-state index in [9.17, 15) is 35.1 Å². The molecule has 0 amide bonds. The fraction of sp³-hybridized carbons (Fsp3) is 0.312. The van der Waals surface area contributed by atoms with E-state index in [1.54, 1.807) is 0 Å². The Kier molecular flexibility index (Phi) is 6.43. The maximum Gasteiger partial charge on any atom is 0.337 e. The number of esters is 1. The van der Waals surface area contributed by atoms with Crippen molar-refractivity contribution >= 4 is 11.7 Å². The average Bonchev–Trinajstić information content (AvgIpc) is 2.64. The van der Waals surface area contributed by atoms with Crippen molar-refractivity contribution in [2.45, 2.75) is 19.8 Å². The fourth-order valence-electron chi connectivity index (χ4n) is 2.96. The van der Waals surface area contributed by atoms with Crippen LogP contribution in [-0.4, -0.2) is 34.1 Å². The van der Waals surface area contributed by atoms with Crippen LogP contribution in [0.5, 0.6) is 0 Å². The van der Waals surface area contributed by atoms with E-state index in [-0.39, 0.29) is 33.9 Å². The average molecular weight is 408 g/mol. The van der Waals surface area contributed by atoms with Crippen LogP contribution in [0.3, 0.4) is 0 Å². The number of dihydropyridines is 1. The molecule has 0 saturated heterocycles. The Morgan fingerprint density at radius 1 is 1.07 bits per heavy atom. The molecule has 13 nitrogen and oxygen atoms in total. The van der Waals surface area contributed by atoms with E-state index in [1.807, 2.05) is 0 Å². The second-order valence-electron chi connectivity index (χ2n) is 5.91. The summed E-state index contributed by atoms with van der Waals surface area (Å²) >= 11 is 0.